The first-order valence-corrected chi connectivity index (χ1v) is 7.86. The molecule has 0 spiro atoms. The van der Waals surface area contributed by atoms with Crippen molar-refractivity contribution in [3.63, 3.8) is 0 Å². The Kier molecular flexibility index (Phi) is 3.91. The lowest BCUT2D eigenvalue weighted by Crippen LogP contribution is -2.16. The van der Waals surface area contributed by atoms with E-state index >= 15 is 0 Å². The van der Waals surface area contributed by atoms with Crippen LogP contribution in [0.5, 0.6) is 0 Å². The largest absolute Gasteiger partial charge is 0.361 e. The minimum Gasteiger partial charge on any atom is -0.361 e. The van der Waals surface area contributed by atoms with Crippen molar-refractivity contribution < 1.29 is 12.9 Å². The van der Waals surface area contributed by atoms with Crippen molar-refractivity contribution in [2.24, 2.45) is 0 Å². The number of aryl methyl sites for hydroxylation is 2. The molecule has 0 saturated heterocycles. The minimum absolute atomic E-state index is 0.236. The van der Waals surface area contributed by atoms with Crippen molar-refractivity contribution in [1.29, 1.82) is 0 Å². The Hall–Kier alpha value is -1.41. The zero-order chi connectivity index (χ0) is 14.0. The van der Waals surface area contributed by atoms with Gasteiger partial charge in [0.15, 0.2) is 0 Å². The van der Waals surface area contributed by atoms with Gasteiger partial charge < -0.3 is 4.52 Å². The summed E-state index contributed by atoms with van der Waals surface area (Å²) in [6.45, 7) is 3.43. The Morgan fingerprint density at radius 3 is 2.68 bits per heavy atom. The maximum Gasteiger partial charge on any atom is 0.238 e. The van der Waals surface area contributed by atoms with Crippen LogP contribution in [0.3, 0.4) is 0 Å². The van der Waals surface area contributed by atoms with Crippen molar-refractivity contribution in [2.75, 3.05) is 4.72 Å². The van der Waals surface area contributed by atoms with Crippen molar-refractivity contribution in [3.8, 4) is 0 Å². The molecule has 0 aromatic carbocycles. The number of pyridine rings is 1. The molecule has 0 aliphatic carbocycles. The number of sulfonamides is 1. The highest BCUT2D eigenvalue weighted by atomic mass is 79.9. The molecule has 2 aromatic heterocycles. The molecular weight excluding hydrogens is 334 g/mol. The van der Waals surface area contributed by atoms with Gasteiger partial charge in [-0.25, -0.2) is 13.4 Å². The normalized spacial score (nSPS) is 11.5. The second-order valence-corrected chi connectivity index (χ2v) is 6.59. The van der Waals surface area contributed by atoms with E-state index in [1.54, 1.807) is 32.0 Å². The van der Waals surface area contributed by atoms with Gasteiger partial charge in [-0.3, -0.25) is 4.72 Å². The zero-order valence-electron chi connectivity index (χ0n) is 10.3. The fourth-order valence-electron chi connectivity index (χ4n) is 1.52. The van der Waals surface area contributed by atoms with Crippen LogP contribution in [-0.2, 0) is 15.8 Å². The Balaban J connectivity index is 2.17. The summed E-state index contributed by atoms with van der Waals surface area (Å²) in [5.74, 6) is 0.339. The molecule has 0 aliphatic heterocycles. The van der Waals surface area contributed by atoms with Crippen LogP contribution in [0.1, 0.15) is 17.1 Å². The SMILES string of the molecule is Cc1cc(CS(=O)(=O)Nc2ccc(Br)nc2C)no1. The summed E-state index contributed by atoms with van der Waals surface area (Å²) < 4.78 is 31.9. The maximum atomic E-state index is 12.0. The van der Waals surface area contributed by atoms with Crippen LogP contribution in [-0.4, -0.2) is 18.6 Å². The molecule has 6 nitrogen and oxygen atoms in total. The number of nitrogens with zero attached hydrogens (tertiary/aromatic N) is 2. The second-order valence-electron chi connectivity index (χ2n) is 4.06. The predicted octanol–water partition coefficient (Wildman–Crippen LogP) is 2.39. The van der Waals surface area contributed by atoms with Crippen LogP contribution >= 0.6 is 15.9 Å². The second kappa shape index (κ2) is 5.30. The van der Waals surface area contributed by atoms with Gasteiger partial charge in [-0.15, -0.1) is 0 Å². The first-order chi connectivity index (χ1) is 8.85. The Bertz CT molecular complexity index is 697. The minimum atomic E-state index is -3.54. The van der Waals surface area contributed by atoms with E-state index in [2.05, 4.69) is 30.8 Å². The van der Waals surface area contributed by atoms with Gasteiger partial charge >= 0.3 is 0 Å². The highest BCUT2D eigenvalue weighted by Gasteiger charge is 2.16. The third-order valence-electron chi connectivity index (χ3n) is 2.33. The van der Waals surface area contributed by atoms with Crippen LogP contribution in [0, 0.1) is 13.8 Å². The van der Waals surface area contributed by atoms with E-state index in [-0.39, 0.29) is 5.75 Å². The lowest BCUT2D eigenvalue weighted by molar-refractivity contribution is 0.392. The average Bonchev–Trinajstić information content (AvgIpc) is 2.67. The standard InChI is InChI=1S/C11H12BrN3O3S/c1-7-5-9(14-18-7)6-19(16,17)15-10-3-4-11(12)13-8(10)2/h3-5,15H,6H2,1-2H3. The molecule has 0 fully saturated rings. The van der Waals surface area contributed by atoms with E-state index in [9.17, 15) is 8.42 Å². The van der Waals surface area contributed by atoms with Gasteiger partial charge in [-0.2, -0.15) is 0 Å². The molecule has 0 aliphatic rings. The molecule has 0 saturated carbocycles. The number of nitrogens with one attached hydrogen (secondary N) is 1. The molecule has 0 amide bonds. The van der Waals surface area contributed by atoms with Gasteiger partial charge in [0.25, 0.3) is 0 Å². The summed E-state index contributed by atoms with van der Waals surface area (Å²) in [4.78, 5) is 4.12. The van der Waals surface area contributed by atoms with Crippen molar-refractivity contribution in [1.82, 2.24) is 10.1 Å². The highest BCUT2D eigenvalue weighted by Crippen LogP contribution is 2.18. The molecule has 102 valence electrons. The van der Waals surface area contributed by atoms with E-state index in [1.807, 2.05) is 0 Å². The first-order valence-electron chi connectivity index (χ1n) is 5.41. The van der Waals surface area contributed by atoms with E-state index < -0.39 is 10.0 Å². The monoisotopic (exact) mass is 345 g/mol. The number of hydrogen-bond acceptors (Lipinski definition) is 5. The van der Waals surface area contributed by atoms with Gasteiger partial charge in [0.2, 0.25) is 10.0 Å². The predicted molar refractivity (Wildman–Crippen MR) is 74.2 cm³/mol. The number of rotatable bonds is 4. The third-order valence-corrected chi connectivity index (χ3v) is 3.98. The molecule has 0 unspecified atom stereocenters. The molecule has 1 N–H and O–H groups in total. The van der Waals surface area contributed by atoms with Crippen molar-refractivity contribution >= 4 is 31.6 Å². The molecule has 2 heterocycles. The fraction of sp³-hybridized carbons (Fsp3) is 0.273. The van der Waals surface area contributed by atoms with E-state index in [4.69, 9.17) is 4.52 Å². The molecular formula is C11H12BrN3O3S. The van der Waals surface area contributed by atoms with E-state index in [0.717, 1.165) is 0 Å². The highest BCUT2D eigenvalue weighted by molar-refractivity contribution is 9.10. The topological polar surface area (TPSA) is 85.1 Å². The molecule has 19 heavy (non-hydrogen) atoms. The third kappa shape index (κ3) is 3.77. The summed E-state index contributed by atoms with van der Waals surface area (Å²) in [5, 5.41) is 3.66. The smallest absolute Gasteiger partial charge is 0.238 e. The number of halogens is 1. The van der Waals surface area contributed by atoms with Crippen LogP contribution in [0.25, 0.3) is 0 Å². The van der Waals surface area contributed by atoms with Crippen LogP contribution in [0.4, 0.5) is 5.69 Å². The zero-order valence-corrected chi connectivity index (χ0v) is 12.7. The summed E-state index contributed by atoms with van der Waals surface area (Å²) >= 11 is 3.22. The van der Waals surface area contributed by atoms with Gasteiger partial charge in [0.05, 0.1) is 11.4 Å². The summed E-state index contributed by atoms with van der Waals surface area (Å²) in [6.07, 6.45) is 0. The van der Waals surface area contributed by atoms with E-state index in [0.29, 0.717) is 27.4 Å². The first kappa shape index (κ1) is 14.0. The van der Waals surface area contributed by atoms with Gasteiger partial charge in [-0.1, -0.05) is 5.16 Å². The van der Waals surface area contributed by atoms with Crippen LogP contribution < -0.4 is 4.72 Å². The van der Waals surface area contributed by atoms with Crippen LogP contribution in [0.2, 0.25) is 0 Å². The van der Waals surface area contributed by atoms with E-state index in [1.165, 1.54) is 0 Å². The van der Waals surface area contributed by atoms with Crippen molar-refractivity contribution in [2.45, 2.75) is 19.6 Å². The Labute approximate surface area is 119 Å². The summed E-state index contributed by atoms with van der Waals surface area (Å²) in [5.41, 5.74) is 1.41. The molecule has 0 bridgehead atoms. The average molecular weight is 346 g/mol. The number of anilines is 1. The lowest BCUT2D eigenvalue weighted by atomic mass is 10.3. The Morgan fingerprint density at radius 1 is 1.37 bits per heavy atom. The number of aromatic nitrogens is 2. The van der Waals surface area contributed by atoms with Crippen LogP contribution in [0.15, 0.2) is 27.3 Å². The fourth-order valence-corrected chi connectivity index (χ4v) is 3.07. The molecule has 0 radical (unpaired) electrons. The molecule has 8 heteroatoms. The maximum absolute atomic E-state index is 12.0. The van der Waals surface area contributed by atoms with Gasteiger partial charge in [-0.05, 0) is 41.9 Å². The molecule has 2 rings (SSSR count). The summed E-state index contributed by atoms with van der Waals surface area (Å²) in [6, 6.07) is 4.91. The van der Waals surface area contributed by atoms with Gasteiger partial charge in [0.1, 0.15) is 21.8 Å². The summed E-state index contributed by atoms with van der Waals surface area (Å²) in [7, 11) is -3.54. The molecule has 2 aromatic rings. The number of hydrogen-bond donors (Lipinski definition) is 1. The molecule has 0 atom stereocenters. The Morgan fingerprint density at radius 2 is 2.11 bits per heavy atom. The van der Waals surface area contributed by atoms with Crippen molar-refractivity contribution in [3.05, 3.63) is 40.0 Å². The quantitative estimate of drug-likeness (QED) is 0.860. The van der Waals surface area contributed by atoms with Gasteiger partial charge in [0, 0.05) is 6.07 Å². The lowest BCUT2D eigenvalue weighted by Gasteiger charge is -2.08.